The maximum atomic E-state index is 13.1. The molecule has 6 nitrogen and oxygen atoms in total. The van der Waals surface area contributed by atoms with Crippen LogP contribution in [0.5, 0.6) is 5.75 Å². The Morgan fingerprint density at radius 1 is 1.13 bits per heavy atom. The number of methoxy groups -OCH3 is 1. The molecule has 1 saturated heterocycles. The lowest BCUT2D eigenvalue weighted by molar-refractivity contribution is -0.132. The molecule has 8 heteroatoms. The quantitative estimate of drug-likeness (QED) is 0.316. The molecule has 1 atom stereocenters. The van der Waals surface area contributed by atoms with Crippen molar-refractivity contribution in [3.8, 4) is 5.75 Å². The minimum absolute atomic E-state index is 0.139. The number of anilines is 1. The third kappa shape index (κ3) is 3.48. The molecule has 0 saturated carbocycles. The van der Waals surface area contributed by atoms with Crippen molar-refractivity contribution in [2.75, 3.05) is 12.0 Å². The summed E-state index contributed by atoms with van der Waals surface area (Å²) in [6.45, 7) is 1.75. The fourth-order valence-corrected chi connectivity index (χ4v) is 4.01. The van der Waals surface area contributed by atoms with E-state index in [1.807, 2.05) is 0 Å². The number of aliphatic hydroxyl groups excluding tert-OH is 1. The fourth-order valence-electron chi connectivity index (χ4n) is 3.66. The highest BCUT2D eigenvalue weighted by molar-refractivity contribution is 6.52. The van der Waals surface area contributed by atoms with E-state index < -0.39 is 23.5 Å². The minimum Gasteiger partial charge on any atom is -0.507 e. The second kappa shape index (κ2) is 8.13. The van der Waals surface area contributed by atoms with E-state index in [0.717, 1.165) is 0 Å². The van der Waals surface area contributed by atoms with Crippen LogP contribution in [-0.2, 0) is 9.59 Å². The highest BCUT2D eigenvalue weighted by atomic mass is 35.5. The molecule has 1 aromatic heterocycles. The average molecular weight is 458 g/mol. The number of aliphatic hydroxyl groups is 1. The summed E-state index contributed by atoms with van der Waals surface area (Å²) in [4.78, 5) is 27.5. The molecule has 2 heterocycles. The number of furan rings is 1. The molecule has 0 radical (unpaired) electrons. The van der Waals surface area contributed by atoms with E-state index in [9.17, 15) is 14.7 Å². The first-order chi connectivity index (χ1) is 14.8. The topological polar surface area (TPSA) is 80.0 Å². The van der Waals surface area contributed by atoms with Crippen LogP contribution in [0, 0.1) is 6.92 Å². The lowest BCUT2D eigenvalue weighted by Gasteiger charge is -2.25. The van der Waals surface area contributed by atoms with Gasteiger partial charge in [0.15, 0.2) is 0 Å². The SMILES string of the molecule is COc1ccc(Cl)cc1/C(O)=C1/C(=O)C(=O)N(c2cccc(Cl)c2C)C1c1ccco1. The van der Waals surface area contributed by atoms with Gasteiger partial charge in [0, 0.05) is 15.7 Å². The number of hydrogen-bond acceptors (Lipinski definition) is 5. The summed E-state index contributed by atoms with van der Waals surface area (Å²) in [6, 6.07) is 11.9. The van der Waals surface area contributed by atoms with Crippen molar-refractivity contribution in [2.45, 2.75) is 13.0 Å². The maximum Gasteiger partial charge on any atom is 0.300 e. The molecular formula is C23H17Cl2NO5. The zero-order chi connectivity index (χ0) is 22.3. The largest absolute Gasteiger partial charge is 0.507 e. The molecule has 2 aromatic carbocycles. The number of ether oxygens (including phenoxy) is 1. The average Bonchev–Trinajstić information content (AvgIpc) is 3.37. The van der Waals surface area contributed by atoms with E-state index in [4.69, 9.17) is 32.4 Å². The van der Waals surface area contributed by atoms with Crippen molar-refractivity contribution in [1.29, 1.82) is 0 Å². The molecule has 1 aliphatic heterocycles. The number of carbonyl (C=O) groups excluding carboxylic acids is 2. The third-order valence-corrected chi connectivity index (χ3v) is 5.82. The summed E-state index contributed by atoms with van der Waals surface area (Å²) in [6.07, 6.45) is 1.43. The van der Waals surface area contributed by atoms with Gasteiger partial charge in [-0.05, 0) is 55.0 Å². The normalized spacial score (nSPS) is 17.9. The van der Waals surface area contributed by atoms with Gasteiger partial charge in [-0.3, -0.25) is 14.5 Å². The molecule has 1 fully saturated rings. The van der Waals surface area contributed by atoms with Crippen molar-refractivity contribution >= 4 is 46.3 Å². The van der Waals surface area contributed by atoms with Crippen molar-refractivity contribution < 1.29 is 23.8 Å². The number of hydrogen-bond donors (Lipinski definition) is 1. The number of amides is 1. The van der Waals surface area contributed by atoms with Crippen LogP contribution in [0.2, 0.25) is 10.0 Å². The van der Waals surface area contributed by atoms with Gasteiger partial charge in [0.1, 0.15) is 23.3 Å². The van der Waals surface area contributed by atoms with Gasteiger partial charge >= 0.3 is 0 Å². The molecular weight excluding hydrogens is 441 g/mol. The summed E-state index contributed by atoms with van der Waals surface area (Å²) < 4.78 is 10.9. The zero-order valence-electron chi connectivity index (χ0n) is 16.6. The fraction of sp³-hybridized carbons (Fsp3) is 0.130. The number of benzene rings is 2. The van der Waals surface area contributed by atoms with Gasteiger partial charge in [0.25, 0.3) is 11.7 Å². The summed E-state index contributed by atoms with van der Waals surface area (Å²) >= 11 is 12.4. The molecule has 4 rings (SSSR count). The number of halogens is 2. The second-order valence-corrected chi connectivity index (χ2v) is 7.76. The van der Waals surface area contributed by atoms with Crippen LogP contribution in [0.15, 0.2) is 64.8 Å². The van der Waals surface area contributed by atoms with Crippen LogP contribution >= 0.6 is 23.2 Å². The monoisotopic (exact) mass is 457 g/mol. The van der Waals surface area contributed by atoms with Crippen LogP contribution < -0.4 is 9.64 Å². The Morgan fingerprint density at radius 3 is 2.58 bits per heavy atom. The van der Waals surface area contributed by atoms with Gasteiger partial charge < -0.3 is 14.3 Å². The standard InChI is InChI=1S/C23H17Cl2NO5/c1-12-15(25)5-3-6-16(12)26-20(18-7-4-10-31-18)19(22(28)23(26)29)21(27)14-11-13(24)8-9-17(14)30-2/h3-11,20,27H,1-2H3/b21-19-. The van der Waals surface area contributed by atoms with E-state index in [1.165, 1.54) is 24.3 Å². The highest BCUT2D eigenvalue weighted by Gasteiger charge is 2.49. The van der Waals surface area contributed by atoms with E-state index in [2.05, 4.69) is 0 Å². The van der Waals surface area contributed by atoms with Gasteiger partial charge in [-0.15, -0.1) is 0 Å². The minimum atomic E-state index is -1.00. The number of Topliss-reactive ketones (excluding diaryl/α,β-unsaturated/α-hetero) is 1. The molecule has 0 spiro atoms. The Kier molecular flexibility index (Phi) is 5.52. The van der Waals surface area contributed by atoms with Gasteiger partial charge in [-0.1, -0.05) is 29.3 Å². The maximum absolute atomic E-state index is 13.1. The smallest absolute Gasteiger partial charge is 0.300 e. The summed E-state index contributed by atoms with van der Waals surface area (Å²) in [5.41, 5.74) is 1.10. The number of nitrogens with zero attached hydrogens (tertiary/aromatic N) is 1. The Hall–Kier alpha value is -3.22. The first-order valence-corrected chi connectivity index (χ1v) is 10.0. The molecule has 0 aliphatic carbocycles. The van der Waals surface area contributed by atoms with Gasteiger partial charge in [0.05, 0.1) is 24.5 Å². The first-order valence-electron chi connectivity index (χ1n) is 9.28. The summed E-state index contributed by atoms with van der Waals surface area (Å²) in [5.74, 6) is -1.48. The number of carbonyl (C=O) groups is 2. The molecule has 1 unspecified atom stereocenters. The number of ketones is 1. The van der Waals surface area contributed by atoms with Crippen molar-refractivity contribution in [3.05, 3.63) is 87.3 Å². The molecule has 1 N–H and O–H groups in total. The number of rotatable bonds is 4. The summed E-state index contributed by atoms with van der Waals surface area (Å²) in [5, 5.41) is 11.9. The van der Waals surface area contributed by atoms with Crippen LogP contribution in [0.25, 0.3) is 5.76 Å². The van der Waals surface area contributed by atoms with E-state index in [1.54, 1.807) is 49.4 Å². The van der Waals surface area contributed by atoms with Gasteiger partial charge in [-0.25, -0.2) is 0 Å². The molecule has 1 amide bonds. The Labute approximate surface area is 188 Å². The predicted molar refractivity (Wildman–Crippen MR) is 118 cm³/mol. The lowest BCUT2D eigenvalue weighted by Crippen LogP contribution is -2.30. The third-order valence-electron chi connectivity index (χ3n) is 5.17. The Bertz CT molecular complexity index is 1220. The van der Waals surface area contributed by atoms with E-state index in [-0.39, 0.29) is 11.1 Å². The second-order valence-electron chi connectivity index (χ2n) is 6.91. The zero-order valence-corrected chi connectivity index (χ0v) is 18.1. The highest BCUT2D eigenvalue weighted by Crippen LogP contribution is 2.45. The first kappa shape index (κ1) is 21.0. The predicted octanol–water partition coefficient (Wildman–Crippen LogP) is 5.53. The van der Waals surface area contributed by atoms with Crippen molar-refractivity contribution in [3.63, 3.8) is 0 Å². The van der Waals surface area contributed by atoms with Crippen molar-refractivity contribution in [2.24, 2.45) is 0 Å². The van der Waals surface area contributed by atoms with E-state index >= 15 is 0 Å². The van der Waals surface area contributed by atoms with Crippen LogP contribution in [-0.4, -0.2) is 23.9 Å². The van der Waals surface area contributed by atoms with Gasteiger partial charge in [0.2, 0.25) is 0 Å². The van der Waals surface area contributed by atoms with Crippen LogP contribution in [0.3, 0.4) is 0 Å². The van der Waals surface area contributed by atoms with Crippen molar-refractivity contribution in [1.82, 2.24) is 0 Å². The lowest BCUT2D eigenvalue weighted by atomic mass is 9.98. The Morgan fingerprint density at radius 2 is 1.90 bits per heavy atom. The molecule has 0 bridgehead atoms. The molecule has 3 aromatic rings. The van der Waals surface area contributed by atoms with Crippen LogP contribution in [0.1, 0.15) is 22.9 Å². The molecule has 1 aliphatic rings. The Balaban J connectivity index is 1.99. The van der Waals surface area contributed by atoms with Gasteiger partial charge in [-0.2, -0.15) is 0 Å². The summed E-state index contributed by atoms with van der Waals surface area (Å²) in [7, 11) is 1.43. The molecule has 31 heavy (non-hydrogen) atoms. The van der Waals surface area contributed by atoms with Crippen LogP contribution in [0.4, 0.5) is 5.69 Å². The van der Waals surface area contributed by atoms with E-state index in [0.29, 0.717) is 32.8 Å². The molecule has 158 valence electrons.